The summed E-state index contributed by atoms with van der Waals surface area (Å²) in [6, 6.07) is 15.5. The normalized spacial score (nSPS) is 11.1. The monoisotopic (exact) mass is 308 g/mol. The molecule has 0 aromatic heterocycles. The van der Waals surface area contributed by atoms with E-state index in [4.69, 9.17) is 4.74 Å². The molecule has 0 saturated heterocycles. The predicted octanol–water partition coefficient (Wildman–Crippen LogP) is 4.45. The average molecular weight is 308 g/mol. The molecule has 2 aromatic carbocycles. The molecule has 0 aliphatic heterocycles. The van der Waals surface area contributed by atoms with E-state index in [1.165, 1.54) is 12.1 Å². The van der Waals surface area contributed by atoms with Gasteiger partial charge in [0.05, 0.1) is 22.7 Å². The number of nitro groups is 1. The lowest BCUT2D eigenvalue weighted by atomic mass is 10.0. The predicted molar refractivity (Wildman–Crippen MR) is 88.8 cm³/mol. The number of nitro benzene ring substituents is 1. The van der Waals surface area contributed by atoms with Gasteiger partial charge in [-0.25, -0.2) is 0 Å². The SMILES string of the molecule is CC(C)Oc1ccc(C=C(C#N)c2cccc([N+](=O)[O-])c2)cc1. The fourth-order valence-corrected chi connectivity index (χ4v) is 2.05. The number of benzene rings is 2. The lowest BCUT2D eigenvalue weighted by Crippen LogP contribution is -2.05. The Morgan fingerprint density at radius 1 is 1.26 bits per heavy atom. The van der Waals surface area contributed by atoms with Crippen LogP contribution in [0.25, 0.3) is 11.6 Å². The van der Waals surface area contributed by atoms with Crippen molar-refractivity contribution in [2.45, 2.75) is 20.0 Å². The van der Waals surface area contributed by atoms with E-state index in [9.17, 15) is 15.4 Å². The molecule has 0 radical (unpaired) electrons. The number of ether oxygens (including phenoxy) is 1. The third-order valence-corrected chi connectivity index (χ3v) is 3.05. The molecule has 0 aliphatic rings. The molecule has 2 aromatic rings. The summed E-state index contributed by atoms with van der Waals surface area (Å²) in [6.45, 7) is 3.90. The molecule has 0 heterocycles. The largest absolute Gasteiger partial charge is 0.491 e. The molecule has 116 valence electrons. The first-order valence-electron chi connectivity index (χ1n) is 7.13. The van der Waals surface area contributed by atoms with Crippen LogP contribution in [0.2, 0.25) is 0 Å². The van der Waals surface area contributed by atoms with E-state index in [1.54, 1.807) is 18.2 Å². The van der Waals surface area contributed by atoms with Gasteiger partial charge in [-0.15, -0.1) is 0 Å². The Morgan fingerprint density at radius 3 is 2.52 bits per heavy atom. The van der Waals surface area contributed by atoms with Gasteiger partial charge in [-0.05, 0) is 43.2 Å². The Kier molecular flexibility index (Phi) is 5.11. The zero-order valence-electron chi connectivity index (χ0n) is 12.9. The van der Waals surface area contributed by atoms with Crippen LogP contribution in [0, 0.1) is 21.4 Å². The molecule has 2 rings (SSSR count). The molecule has 0 N–H and O–H groups in total. The average Bonchev–Trinajstić information content (AvgIpc) is 2.53. The van der Waals surface area contributed by atoms with Crippen LogP contribution in [-0.2, 0) is 0 Å². The van der Waals surface area contributed by atoms with Gasteiger partial charge in [-0.2, -0.15) is 5.26 Å². The second kappa shape index (κ2) is 7.23. The standard InChI is InChI=1S/C18H16N2O3/c1-13(2)23-18-8-6-14(7-9-18)10-16(12-19)15-4-3-5-17(11-15)20(21)22/h3-11,13H,1-2H3. The number of rotatable bonds is 5. The highest BCUT2D eigenvalue weighted by atomic mass is 16.6. The van der Waals surface area contributed by atoms with Gasteiger partial charge in [0.25, 0.3) is 5.69 Å². The molecule has 0 unspecified atom stereocenters. The maximum atomic E-state index is 10.8. The summed E-state index contributed by atoms with van der Waals surface area (Å²) in [5.74, 6) is 0.756. The van der Waals surface area contributed by atoms with Crippen molar-refractivity contribution in [1.29, 1.82) is 5.26 Å². The van der Waals surface area contributed by atoms with E-state index in [-0.39, 0.29) is 11.8 Å². The zero-order chi connectivity index (χ0) is 16.8. The maximum absolute atomic E-state index is 10.8. The van der Waals surface area contributed by atoms with Gasteiger partial charge >= 0.3 is 0 Å². The van der Waals surface area contributed by atoms with Gasteiger partial charge in [0.2, 0.25) is 0 Å². The number of nitriles is 1. The van der Waals surface area contributed by atoms with Crippen LogP contribution < -0.4 is 4.74 Å². The number of allylic oxidation sites excluding steroid dienone is 1. The Morgan fingerprint density at radius 2 is 1.96 bits per heavy atom. The van der Waals surface area contributed by atoms with Gasteiger partial charge in [-0.3, -0.25) is 10.1 Å². The highest BCUT2D eigenvalue weighted by Crippen LogP contribution is 2.23. The molecule has 5 heteroatoms. The van der Waals surface area contributed by atoms with Gasteiger partial charge in [0.15, 0.2) is 0 Å². The first-order chi connectivity index (χ1) is 11.0. The summed E-state index contributed by atoms with van der Waals surface area (Å²) in [4.78, 5) is 10.4. The zero-order valence-corrected chi connectivity index (χ0v) is 12.9. The minimum atomic E-state index is -0.476. The van der Waals surface area contributed by atoms with Crippen LogP contribution in [0.3, 0.4) is 0 Å². The van der Waals surface area contributed by atoms with Crippen molar-refractivity contribution in [3.8, 4) is 11.8 Å². The molecule has 0 aliphatic carbocycles. The molecule has 23 heavy (non-hydrogen) atoms. The lowest BCUT2D eigenvalue weighted by Gasteiger charge is -2.09. The van der Waals surface area contributed by atoms with E-state index in [0.29, 0.717) is 11.1 Å². The first kappa shape index (κ1) is 16.2. The van der Waals surface area contributed by atoms with Crippen molar-refractivity contribution < 1.29 is 9.66 Å². The second-order valence-corrected chi connectivity index (χ2v) is 5.21. The van der Waals surface area contributed by atoms with Crippen molar-refractivity contribution in [1.82, 2.24) is 0 Å². The number of hydrogen-bond donors (Lipinski definition) is 0. The minimum Gasteiger partial charge on any atom is -0.491 e. The Bertz CT molecular complexity index is 772. The number of hydrogen-bond acceptors (Lipinski definition) is 4. The smallest absolute Gasteiger partial charge is 0.270 e. The van der Waals surface area contributed by atoms with E-state index < -0.39 is 4.92 Å². The topological polar surface area (TPSA) is 76.2 Å². The Hall–Kier alpha value is -3.13. The van der Waals surface area contributed by atoms with E-state index in [1.807, 2.05) is 38.1 Å². The van der Waals surface area contributed by atoms with Crippen LogP contribution in [0.4, 0.5) is 5.69 Å². The Labute approximate surface area is 134 Å². The van der Waals surface area contributed by atoms with Crippen molar-refractivity contribution in [2.75, 3.05) is 0 Å². The number of non-ortho nitro benzene ring substituents is 1. The summed E-state index contributed by atoms with van der Waals surface area (Å²) >= 11 is 0. The third kappa shape index (κ3) is 4.42. The molecular weight excluding hydrogens is 292 g/mol. The molecule has 0 bridgehead atoms. The Balaban J connectivity index is 2.30. The van der Waals surface area contributed by atoms with Gasteiger partial charge in [-0.1, -0.05) is 24.3 Å². The van der Waals surface area contributed by atoms with Crippen LogP contribution in [-0.4, -0.2) is 11.0 Å². The quantitative estimate of drug-likeness (QED) is 0.354. The summed E-state index contributed by atoms with van der Waals surface area (Å²) in [7, 11) is 0. The van der Waals surface area contributed by atoms with Crippen LogP contribution in [0.5, 0.6) is 5.75 Å². The molecule has 0 fully saturated rings. The summed E-state index contributed by atoms with van der Waals surface area (Å²) in [5, 5.41) is 20.2. The van der Waals surface area contributed by atoms with Crippen molar-refractivity contribution >= 4 is 17.3 Å². The second-order valence-electron chi connectivity index (χ2n) is 5.21. The number of nitrogens with zero attached hydrogens (tertiary/aromatic N) is 2. The highest BCUT2D eigenvalue weighted by Gasteiger charge is 2.09. The fraction of sp³-hybridized carbons (Fsp3) is 0.167. The minimum absolute atomic E-state index is 0.0377. The van der Waals surface area contributed by atoms with Crippen molar-refractivity contribution in [3.63, 3.8) is 0 Å². The van der Waals surface area contributed by atoms with Gasteiger partial charge < -0.3 is 4.74 Å². The maximum Gasteiger partial charge on any atom is 0.270 e. The first-order valence-corrected chi connectivity index (χ1v) is 7.13. The van der Waals surface area contributed by atoms with Crippen molar-refractivity contribution in [3.05, 3.63) is 69.8 Å². The molecule has 0 spiro atoms. The van der Waals surface area contributed by atoms with Gasteiger partial charge in [0, 0.05) is 12.1 Å². The van der Waals surface area contributed by atoms with Gasteiger partial charge in [0.1, 0.15) is 5.75 Å². The molecular formula is C18H16N2O3. The van der Waals surface area contributed by atoms with Crippen LogP contribution in [0.1, 0.15) is 25.0 Å². The summed E-state index contributed by atoms with van der Waals surface area (Å²) < 4.78 is 5.57. The third-order valence-electron chi connectivity index (χ3n) is 3.05. The summed E-state index contributed by atoms with van der Waals surface area (Å²) in [5.41, 5.74) is 1.67. The van der Waals surface area contributed by atoms with Crippen LogP contribution in [0.15, 0.2) is 48.5 Å². The van der Waals surface area contributed by atoms with E-state index in [2.05, 4.69) is 6.07 Å². The molecule has 0 atom stereocenters. The lowest BCUT2D eigenvalue weighted by molar-refractivity contribution is -0.384. The highest BCUT2D eigenvalue weighted by molar-refractivity contribution is 5.90. The fourth-order valence-electron chi connectivity index (χ4n) is 2.05. The summed E-state index contributed by atoms with van der Waals surface area (Å²) in [6.07, 6.45) is 1.79. The van der Waals surface area contributed by atoms with Crippen LogP contribution >= 0.6 is 0 Å². The van der Waals surface area contributed by atoms with Crippen molar-refractivity contribution in [2.24, 2.45) is 0 Å². The molecule has 5 nitrogen and oxygen atoms in total. The van der Waals surface area contributed by atoms with E-state index in [0.717, 1.165) is 11.3 Å². The van der Waals surface area contributed by atoms with E-state index >= 15 is 0 Å². The molecule has 0 amide bonds. The molecule has 0 saturated carbocycles.